The Balaban J connectivity index is 0. The van der Waals surface area contributed by atoms with Crippen molar-refractivity contribution in [3.63, 3.8) is 0 Å². The summed E-state index contributed by atoms with van der Waals surface area (Å²) in [7, 11) is 24.7. The van der Waals surface area contributed by atoms with Crippen LogP contribution < -0.4 is 0 Å². The van der Waals surface area contributed by atoms with Gasteiger partial charge in [-0.25, -0.2) is 0 Å². The van der Waals surface area contributed by atoms with Crippen molar-refractivity contribution >= 4 is 46.5 Å². The third-order valence-electron chi connectivity index (χ3n) is 0. The van der Waals surface area contributed by atoms with Gasteiger partial charge < -0.3 is 0 Å². The molecule has 0 aliphatic carbocycles. The van der Waals surface area contributed by atoms with Crippen LogP contribution in [0.5, 0.6) is 0 Å². The minimum absolute atomic E-state index is 1.47. The van der Waals surface area contributed by atoms with Gasteiger partial charge in [0.1, 0.15) is 0 Å². The van der Waals surface area contributed by atoms with E-state index in [0.717, 1.165) is 0 Å². The number of hydrogen-bond acceptors (Lipinski definition) is 0. The molecule has 0 amide bonds. The summed E-state index contributed by atoms with van der Waals surface area (Å²) < 4.78 is 0. The van der Waals surface area contributed by atoms with Gasteiger partial charge in [0.05, 0.1) is 0 Å². The molecule has 0 aliphatic heterocycles. The van der Waals surface area contributed by atoms with Crippen molar-refractivity contribution in [2.75, 3.05) is 0 Å². The molecular weight excluding hydrogens is 273 g/mol. The van der Waals surface area contributed by atoms with Crippen LogP contribution >= 0.6 is 46.5 Å². The molecule has 0 N–H and O–H groups in total. The molecule has 0 aromatic heterocycles. The Morgan fingerprint density at radius 2 is 0.857 bits per heavy atom. The molecule has 43 valence electrons. The minimum atomic E-state index is -3.11. The fourth-order valence-electron chi connectivity index (χ4n) is 0. The summed E-state index contributed by atoms with van der Waals surface area (Å²) in [6, 6.07) is 0. The van der Waals surface area contributed by atoms with Gasteiger partial charge in [0.15, 0.2) is 0 Å². The van der Waals surface area contributed by atoms with Gasteiger partial charge in [0.25, 0.3) is 0 Å². The molecule has 0 unspecified atom stereocenters. The van der Waals surface area contributed by atoms with Gasteiger partial charge in [0, 0.05) is 0 Å². The first-order chi connectivity index (χ1) is 3.00. The summed E-state index contributed by atoms with van der Waals surface area (Å²) in [6.07, 6.45) is 0. The number of hydrogen-bond donors (Lipinski definition) is 0. The zero-order valence-corrected chi connectivity index (χ0v) is 9.79. The summed E-state index contributed by atoms with van der Waals surface area (Å²) in [4.78, 5) is 0. The first-order valence-electron chi connectivity index (χ1n) is 0.945. The molecule has 0 aliphatic rings. The molecule has 0 fully saturated rings. The monoisotopic (exact) mass is 271 g/mol. The third kappa shape index (κ3) is 50.7. The standard InChI is InChI=1S/5ClH.2Ti/h5*1H;;/q;;;;;+1;+4/p-5. The van der Waals surface area contributed by atoms with Gasteiger partial charge in [-0.05, 0) is 0 Å². The predicted molar refractivity (Wildman–Crippen MR) is 29.3 cm³/mol. The van der Waals surface area contributed by atoms with E-state index in [1.807, 2.05) is 0 Å². The maximum atomic E-state index is 5.01. The normalized spacial score (nSPS) is 9.14. The van der Waals surface area contributed by atoms with Crippen molar-refractivity contribution in [3.8, 4) is 0 Å². The molecule has 0 atom stereocenters. The van der Waals surface area contributed by atoms with E-state index in [-0.39, 0.29) is 0 Å². The summed E-state index contributed by atoms with van der Waals surface area (Å²) in [6.45, 7) is 0. The van der Waals surface area contributed by atoms with Crippen molar-refractivity contribution < 1.29 is 31.7 Å². The number of rotatable bonds is 0. The van der Waals surface area contributed by atoms with Crippen LogP contribution in [0.1, 0.15) is 0 Å². The van der Waals surface area contributed by atoms with E-state index in [1.165, 1.54) is 19.4 Å². The Morgan fingerprint density at radius 1 is 0.857 bits per heavy atom. The van der Waals surface area contributed by atoms with Crippen molar-refractivity contribution in [1.82, 2.24) is 0 Å². The van der Waals surface area contributed by atoms with Crippen LogP contribution in [-0.2, 0) is 31.7 Å². The zero-order chi connectivity index (χ0) is 6.50. The zero-order valence-electron chi connectivity index (χ0n) is 2.89. The second-order valence-corrected chi connectivity index (χ2v) is 15.9. The average Bonchev–Trinajstić information content (AvgIpc) is 1.36. The molecule has 0 spiro atoms. The van der Waals surface area contributed by atoms with E-state index < -0.39 is 12.3 Å². The Kier molecular flexibility index (Phi) is 12.5. The fourth-order valence-corrected chi connectivity index (χ4v) is 0. The predicted octanol–water partition coefficient (Wildman–Crippen LogP) is 3.44. The van der Waals surface area contributed by atoms with E-state index in [2.05, 4.69) is 9.30 Å². The molecule has 0 aromatic rings. The van der Waals surface area contributed by atoms with Crippen LogP contribution in [0.2, 0.25) is 0 Å². The van der Waals surface area contributed by atoms with Gasteiger partial charge in [-0.2, -0.15) is 0 Å². The molecule has 0 heterocycles. The molecular formula is Cl5Ti2. The van der Waals surface area contributed by atoms with Crippen LogP contribution in [0.3, 0.4) is 0 Å². The summed E-state index contributed by atoms with van der Waals surface area (Å²) in [5, 5.41) is 0. The topological polar surface area (TPSA) is 0 Å². The Bertz CT molecular complexity index is 21.6. The molecule has 7 heteroatoms. The van der Waals surface area contributed by atoms with Gasteiger partial charge >= 0.3 is 78.2 Å². The van der Waals surface area contributed by atoms with Crippen molar-refractivity contribution in [1.29, 1.82) is 0 Å². The van der Waals surface area contributed by atoms with Crippen LogP contribution in [0.15, 0.2) is 0 Å². The molecule has 0 bridgehead atoms. The van der Waals surface area contributed by atoms with Gasteiger partial charge in [-0.1, -0.05) is 0 Å². The molecule has 0 aromatic carbocycles. The first-order valence-corrected chi connectivity index (χ1v) is 11.7. The van der Waals surface area contributed by atoms with E-state index in [0.29, 0.717) is 0 Å². The molecule has 0 nitrogen and oxygen atoms in total. The van der Waals surface area contributed by atoms with Gasteiger partial charge in [0.2, 0.25) is 0 Å². The molecule has 0 saturated carbocycles. The van der Waals surface area contributed by atoms with Crippen LogP contribution in [0, 0.1) is 0 Å². The Labute approximate surface area is 76.9 Å². The maximum absolute atomic E-state index is 5.01. The van der Waals surface area contributed by atoms with Crippen molar-refractivity contribution in [3.05, 3.63) is 0 Å². The van der Waals surface area contributed by atoms with Crippen LogP contribution in [0.4, 0.5) is 0 Å². The average molecular weight is 273 g/mol. The first kappa shape index (κ1) is 12.5. The summed E-state index contributed by atoms with van der Waals surface area (Å²) in [5.74, 6) is 0. The quantitative estimate of drug-likeness (QED) is 0.593. The van der Waals surface area contributed by atoms with Crippen LogP contribution in [-0.4, -0.2) is 0 Å². The summed E-state index contributed by atoms with van der Waals surface area (Å²) in [5.41, 5.74) is 0. The van der Waals surface area contributed by atoms with Crippen LogP contribution in [0.25, 0.3) is 0 Å². The fraction of sp³-hybridized carbons (Fsp3) is 0. The Hall–Kier alpha value is 2.88. The molecule has 0 radical (unpaired) electrons. The second kappa shape index (κ2) is 6.99. The van der Waals surface area contributed by atoms with Crippen molar-refractivity contribution in [2.45, 2.75) is 0 Å². The van der Waals surface area contributed by atoms with Gasteiger partial charge in [-0.3, -0.25) is 0 Å². The molecule has 0 saturated heterocycles. The second-order valence-electron chi connectivity index (χ2n) is 0.429. The van der Waals surface area contributed by atoms with Gasteiger partial charge in [-0.15, -0.1) is 0 Å². The van der Waals surface area contributed by atoms with E-state index in [9.17, 15) is 0 Å². The van der Waals surface area contributed by atoms with E-state index >= 15 is 0 Å². The van der Waals surface area contributed by atoms with E-state index in [1.54, 1.807) is 0 Å². The SMILES string of the molecule is [Cl][Ti].[Cl][Ti]([Cl])([Cl])[Cl]. The number of halogens is 5. The molecule has 7 heavy (non-hydrogen) atoms. The summed E-state index contributed by atoms with van der Waals surface area (Å²) >= 11 is -1.64. The third-order valence-corrected chi connectivity index (χ3v) is 0. The Morgan fingerprint density at radius 3 is 0.857 bits per heavy atom. The van der Waals surface area contributed by atoms with Crippen molar-refractivity contribution in [2.24, 2.45) is 0 Å². The molecule has 0 rings (SSSR count). The van der Waals surface area contributed by atoms with E-state index in [4.69, 9.17) is 37.2 Å².